The standard InChI is InChI=1S/C23H21Cl3N2O4S/c24-15-3-1-14(2-4-15)12-32-20-11-17(10-18(20)22(29)28-23(13-27)7-8-23)33(30,31)21-6-5-16(25)9-19(21)26/h1-6,9,17-18,20H,7-8,10-12H2,(H,28,29)/t17-,18-,20-/m1/s1. The molecule has 0 spiro atoms. The highest BCUT2D eigenvalue weighted by atomic mass is 35.5. The molecule has 2 aromatic carbocycles. The summed E-state index contributed by atoms with van der Waals surface area (Å²) in [7, 11) is -3.84. The predicted molar refractivity (Wildman–Crippen MR) is 126 cm³/mol. The summed E-state index contributed by atoms with van der Waals surface area (Å²) in [6.45, 7) is 0.198. The molecule has 0 radical (unpaired) electrons. The first kappa shape index (κ1) is 24.3. The molecule has 4 rings (SSSR count). The number of sulfone groups is 1. The van der Waals surface area contributed by atoms with E-state index in [1.54, 1.807) is 12.1 Å². The molecule has 2 fully saturated rings. The number of hydrogen-bond acceptors (Lipinski definition) is 5. The largest absolute Gasteiger partial charge is 0.373 e. The van der Waals surface area contributed by atoms with Gasteiger partial charge < -0.3 is 10.1 Å². The third-order valence-electron chi connectivity index (χ3n) is 6.14. The van der Waals surface area contributed by atoms with Gasteiger partial charge in [0, 0.05) is 10.0 Å². The normalized spacial score (nSPS) is 23.6. The van der Waals surface area contributed by atoms with E-state index < -0.39 is 32.6 Å². The lowest BCUT2D eigenvalue weighted by Gasteiger charge is -2.21. The fourth-order valence-electron chi connectivity index (χ4n) is 4.06. The Balaban J connectivity index is 1.56. The minimum absolute atomic E-state index is 0.0215. The highest BCUT2D eigenvalue weighted by Crippen LogP contribution is 2.40. The Morgan fingerprint density at radius 3 is 2.36 bits per heavy atom. The lowest BCUT2D eigenvalue weighted by atomic mass is 10.0. The lowest BCUT2D eigenvalue weighted by Crippen LogP contribution is -2.42. The van der Waals surface area contributed by atoms with Crippen molar-refractivity contribution in [3.63, 3.8) is 0 Å². The van der Waals surface area contributed by atoms with Gasteiger partial charge in [-0.2, -0.15) is 5.26 Å². The van der Waals surface area contributed by atoms with Crippen LogP contribution < -0.4 is 5.32 Å². The molecule has 0 saturated heterocycles. The van der Waals surface area contributed by atoms with Crippen molar-refractivity contribution in [1.29, 1.82) is 5.26 Å². The van der Waals surface area contributed by atoms with Gasteiger partial charge in [0.1, 0.15) is 5.54 Å². The number of carbonyl (C=O) groups is 1. The van der Waals surface area contributed by atoms with Crippen LogP contribution in [0.15, 0.2) is 47.4 Å². The number of carbonyl (C=O) groups excluding carboxylic acids is 1. The van der Waals surface area contributed by atoms with Gasteiger partial charge in [-0.3, -0.25) is 4.79 Å². The van der Waals surface area contributed by atoms with Crippen molar-refractivity contribution >= 4 is 50.5 Å². The maximum absolute atomic E-state index is 13.4. The Kier molecular flexibility index (Phi) is 6.95. The zero-order valence-electron chi connectivity index (χ0n) is 17.4. The van der Waals surface area contributed by atoms with Crippen molar-refractivity contribution in [1.82, 2.24) is 5.32 Å². The molecule has 1 N–H and O–H groups in total. The third-order valence-corrected chi connectivity index (χ3v) is 9.28. The van der Waals surface area contributed by atoms with Gasteiger partial charge in [0.15, 0.2) is 9.84 Å². The molecule has 2 saturated carbocycles. The van der Waals surface area contributed by atoms with Crippen LogP contribution in [0, 0.1) is 17.2 Å². The van der Waals surface area contributed by atoms with E-state index in [9.17, 15) is 18.5 Å². The van der Waals surface area contributed by atoms with Crippen molar-refractivity contribution < 1.29 is 17.9 Å². The number of benzene rings is 2. The molecular weight excluding hydrogens is 507 g/mol. The Bertz CT molecular complexity index is 1210. The molecule has 1 amide bonds. The molecule has 0 bridgehead atoms. The molecule has 0 aliphatic heterocycles. The fourth-order valence-corrected chi connectivity index (χ4v) is 6.76. The lowest BCUT2D eigenvalue weighted by molar-refractivity contribution is -0.130. The molecule has 6 nitrogen and oxygen atoms in total. The van der Waals surface area contributed by atoms with Crippen molar-refractivity contribution in [3.8, 4) is 6.07 Å². The molecule has 10 heteroatoms. The fraction of sp³-hybridized carbons (Fsp3) is 0.391. The van der Waals surface area contributed by atoms with Crippen LogP contribution in [0.25, 0.3) is 0 Å². The molecule has 0 aromatic heterocycles. The van der Waals surface area contributed by atoms with E-state index in [1.807, 2.05) is 12.1 Å². The number of hydrogen-bond donors (Lipinski definition) is 1. The van der Waals surface area contributed by atoms with Gasteiger partial charge >= 0.3 is 0 Å². The van der Waals surface area contributed by atoms with E-state index in [2.05, 4.69) is 11.4 Å². The summed E-state index contributed by atoms with van der Waals surface area (Å²) in [5, 5.41) is 12.2. The van der Waals surface area contributed by atoms with Crippen molar-refractivity contribution in [2.75, 3.05) is 0 Å². The minimum Gasteiger partial charge on any atom is -0.373 e. The predicted octanol–water partition coefficient (Wildman–Crippen LogP) is 4.96. The van der Waals surface area contributed by atoms with Crippen LogP contribution in [0.1, 0.15) is 31.2 Å². The zero-order chi connectivity index (χ0) is 23.8. The summed E-state index contributed by atoms with van der Waals surface area (Å²) in [6, 6.07) is 13.5. The maximum Gasteiger partial charge on any atom is 0.227 e. The van der Waals surface area contributed by atoms with E-state index in [4.69, 9.17) is 39.5 Å². The van der Waals surface area contributed by atoms with Gasteiger partial charge in [-0.05, 0) is 61.6 Å². The number of ether oxygens (including phenoxy) is 1. The summed E-state index contributed by atoms with van der Waals surface area (Å²) in [5.74, 6) is -1.08. The van der Waals surface area contributed by atoms with E-state index in [0.29, 0.717) is 22.9 Å². The van der Waals surface area contributed by atoms with Crippen LogP contribution in [0.5, 0.6) is 0 Å². The summed E-state index contributed by atoms with van der Waals surface area (Å²) >= 11 is 18.0. The second-order valence-corrected chi connectivity index (χ2v) is 12.0. The molecule has 2 aliphatic rings. The highest BCUT2D eigenvalue weighted by molar-refractivity contribution is 7.92. The Labute approximate surface area is 207 Å². The first-order valence-electron chi connectivity index (χ1n) is 10.4. The highest BCUT2D eigenvalue weighted by Gasteiger charge is 2.50. The number of rotatable bonds is 7. The first-order valence-corrected chi connectivity index (χ1v) is 13.1. The van der Waals surface area contributed by atoms with E-state index in [1.165, 1.54) is 18.2 Å². The van der Waals surface area contributed by atoms with Crippen LogP contribution in [0.4, 0.5) is 0 Å². The number of nitrogens with zero attached hydrogens (tertiary/aromatic N) is 1. The topological polar surface area (TPSA) is 96.3 Å². The number of halogens is 3. The second-order valence-electron chi connectivity index (χ2n) is 8.48. The molecule has 2 aliphatic carbocycles. The van der Waals surface area contributed by atoms with E-state index in [0.717, 1.165) is 5.56 Å². The van der Waals surface area contributed by atoms with E-state index >= 15 is 0 Å². The number of nitriles is 1. The molecule has 3 atom stereocenters. The monoisotopic (exact) mass is 526 g/mol. The first-order chi connectivity index (χ1) is 15.6. The molecule has 33 heavy (non-hydrogen) atoms. The Hall–Kier alpha value is -1.82. The number of amides is 1. The van der Waals surface area contributed by atoms with Crippen molar-refractivity contribution in [2.24, 2.45) is 5.92 Å². The SMILES string of the molecule is N#CC1(NC(=O)[C@@H]2C[C@@H](S(=O)(=O)c3ccc(Cl)cc3Cl)C[C@H]2OCc2ccc(Cl)cc2)CC1. The minimum atomic E-state index is -3.84. The van der Waals surface area contributed by atoms with Gasteiger partial charge in [-0.1, -0.05) is 46.9 Å². The van der Waals surface area contributed by atoms with Gasteiger partial charge in [0.05, 0.1) is 39.9 Å². The molecular formula is C23H21Cl3N2O4S. The average molecular weight is 528 g/mol. The van der Waals surface area contributed by atoms with Gasteiger partial charge in [-0.15, -0.1) is 0 Å². The number of nitrogens with one attached hydrogen (secondary N) is 1. The van der Waals surface area contributed by atoms with Crippen molar-refractivity contribution in [2.45, 2.75) is 54.1 Å². The molecule has 0 heterocycles. The Morgan fingerprint density at radius 1 is 1.09 bits per heavy atom. The quantitative estimate of drug-likeness (QED) is 0.549. The maximum atomic E-state index is 13.4. The molecule has 0 unspecified atom stereocenters. The van der Waals surface area contributed by atoms with Gasteiger partial charge in [-0.25, -0.2) is 8.42 Å². The van der Waals surface area contributed by atoms with Crippen LogP contribution in [-0.4, -0.2) is 31.2 Å². The van der Waals surface area contributed by atoms with E-state index in [-0.39, 0.29) is 35.3 Å². The average Bonchev–Trinajstić information content (AvgIpc) is 3.40. The molecule has 174 valence electrons. The van der Waals surface area contributed by atoms with Crippen LogP contribution in [0.2, 0.25) is 15.1 Å². The summed E-state index contributed by atoms with van der Waals surface area (Å²) in [4.78, 5) is 13.0. The van der Waals surface area contributed by atoms with Crippen LogP contribution in [-0.2, 0) is 26.0 Å². The van der Waals surface area contributed by atoms with Crippen LogP contribution in [0.3, 0.4) is 0 Å². The smallest absolute Gasteiger partial charge is 0.227 e. The van der Waals surface area contributed by atoms with Crippen LogP contribution >= 0.6 is 34.8 Å². The summed E-state index contributed by atoms with van der Waals surface area (Å²) in [6.07, 6.45) is 0.730. The molecule has 2 aromatic rings. The van der Waals surface area contributed by atoms with Gasteiger partial charge in [0.2, 0.25) is 5.91 Å². The Morgan fingerprint density at radius 2 is 1.76 bits per heavy atom. The zero-order valence-corrected chi connectivity index (χ0v) is 20.5. The second kappa shape index (κ2) is 9.44. The van der Waals surface area contributed by atoms with Gasteiger partial charge in [0.25, 0.3) is 0 Å². The third kappa shape index (κ3) is 5.31. The summed E-state index contributed by atoms with van der Waals surface area (Å²) in [5.41, 5.74) is -0.00449. The summed E-state index contributed by atoms with van der Waals surface area (Å²) < 4.78 is 32.8. The van der Waals surface area contributed by atoms with Crippen molar-refractivity contribution in [3.05, 3.63) is 63.1 Å².